The first kappa shape index (κ1) is 14.0. The number of quaternary nitrogens is 1. The molecule has 0 aliphatic carbocycles. The minimum Gasteiger partial charge on any atom is -0.364 e. The summed E-state index contributed by atoms with van der Waals surface area (Å²) < 4.78 is 5.70. The Morgan fingerprint density at radius 2 is 1.89 bits per heavy atom. The van der Waals surface area contributed by atoms with Crippen LogP contribution < -0.4 is 10.2 Å². The predicted octanol–water partition coefficient (Wildman–Crippen LogP) is 0.707. The number of benzene rings is 1. The summed E-state index contributed by atoms with van der Waals surface area (Å²) in [4.78, 5) is 13.3. The number of carbonyl (C=O) groups is 1. The lowest BCUT2D eigenvalue weighted by atomic mass is 10.2. The average molecular weight is 263 g/mol. The molecule has 1 aromatic carbocycles. The maximum absolute atomic E-state index is 11.9. The van der Waals surface area contributed by atoms with E-state index in [4.69, 9.17) is 4.74 Å². The van der Waals surface area contributed by atoms with Crippen molar-refractivity contribution in [3.8, 4) is 0 Å². The molecular formula is C15H23N2O2+. The fourth-order valence-corrected chi connectivity index (χ4v) is 2.63. The molecule has 0 radical (unpaired) electrons. The molecule has 0 unspecified atom stereocenters. The van der Waals surface area contributed by atoms with Crippen molar-refractivity contribution in [3.63, 3.8) is 0 Å². The Hall–Kier alpha value is -1.39. The average Bonchev–Trinajstić information content (AvgIpc) is 2.36. The van der Waals surface area contributed by atoms with Crippen molar-refractivity contribution in [1.82, 2.24) is 0 Å². The summed E-state index contributed by atoms with van der Waals surface area (Å²) in [5, 5.41) is 2.92. The molecule has 1 aliphatic rings. The lowest BCUT2D eigenvalue weighted by Crippen LogP contribution is -3.15. The fourth-order valence-electron chi connectivity index (χ4n) is 2.63. The molecule has 104 valence electrons. The van der Waals surface area contributed by atoms with Gasteiger partial charge in [-0.3, -0.25) is 4.79 Å². The van der Waals surface area contributed by atoms with Gasteiger partial charge >= 0.3 is 0 Å². The van der Waals surface area contributed by atoms with Crippen LogP contribution >= 0.6 is 0 Å². The maximum Gasteiger partial charge on any atom is 0.230 e. The summed E-state index contributed by atoms with van der Waals surface area (Å²) in [5.74, 6) is 0.0884. The van der Waals surface area contributed by atoms with Gasteiger partial charge in [0.1, 0.15) is 25.3 Å². The van der Waals surface area contributed by atoms with Gasteiger partial charge in [-0.2, -0.15) is 0 Å². The van der Waals surface area contributed by atoms with Gasteiger partial charge in [0, 0.05) is 5.69 Å². The highest BCUT2D eigenvalue weighted by Crippen LogP contribution is 2.05. The second kappa shape index (κ2) is 6.68. The third kappa shape index (κ3) is 4.65. The Kier molecular flexibility index (Phi) is 4.93. The van der Waals surface area contributed by atoms with Crippen molar-refractivity contribution in [1.29, 1.82) is 0 Å². The highest BCUT2D eigenvalue weighted by Gasteiger charge is 2.25. The van der Waals surface area contributed by atoms with Crippen LogP contribution in [0.1, 0.15) is 20.3 Å². The Balaban J connectivity index is 1.74. The Labute approximate surface area is 114 Å². The van der Waals surface area contributed by atoms with E-state index in [2.05, 4.69) is 19.2 Å². The van der Waals surface area contributed by atoms with Crippen molar-refractivity contribution in [3.05, 3.63) is 30.3 Å². The summed E-state index contributed by atoms with van der Waals surface area (Å²) >= 11 is 0. The molecule has 0 aromatic heterocycles. The number of nitrogens with one attached hydrogen (secondary N) is 2. The molecule has 0 saturated carbocycles. The van der Waals surface area contributed by atoms with E-state index in [0.29, 0.717) is 6.42 Å². The van der Waals surface area contributed by atoms with E-state index < -0.39 is 0 Å². The normalized spacial score (nSPS) is 26.9. The maximum atomic E-state index is 11.9. The molecule has 1 saturated heterocycles. The monoisotopic (exact) mass is 263 g/mol. The lowest BCUT2D eigenvalue weighted by Gasteiger charge is -2.32. The van der Waals surface area contributed by atoms with Crippen LogP contribution in [0.3, 0.4) is 0 Å². The van der Waals surface area contributed by atoms with E-state index in [9.17, 15) is 4.79 Å². The van der Waals surface area contributed by atoms with E-state index >= 15 is 0 Å². The van der Waals surface area contributed by atoms with Gasteiger partial charge in [-0.15, -0.1) is 0 Å². The Morgan fingerprint density at radius 3 is 2.53 bits per heavy atom. The van der Waals surface area contributed by atoms with Crippen molar-refractivity contribution < 1.29 is 14.4 Å². The smallest absolute Gasteiger partial charge is 0.230 e. The standard InChI is InChI=1S/C15H22N2O2/c1-12-10-17(11-13(2)19-12)9-8-15(18)16-14-6-4-3-5-7-14/h3-7,12-13H,8-11H2,1-2H3,(H,16,18)/p+1/t12-,13-/m1/s1. The van der Waals surface area contributed by atoms with Crippen LogP contribution in [0.2, 0.25) is 0 Å². The van der Waals surface area contributed by atoms with Crippen molar-refractivity contribution in [2.45, 2.75) is 32.5 Å². The molecule has 2 atom stereocenters. The minimum absolute atomic E-state index is 0.0884. The molecule has 1 heterocycles. The molecule has 2 N–H and O–H groups in total. The number of anilines is 1. The van der Waals surface area contributed by atoms with Crippen molar-refractivity contribution in [2.75, 3.05) is 25.0 Å². The minimum atomic E-state index is 0.0884. The summed E-state index contributed by atoms with van der Waals surface area (Å²) in [6.07, 6.45) is 1.13. The molecule has 4 heteroatoms. The van der Waals surface area contributed by atoms with Crippen molar-refractivity contribution in [2.24, 2.45) is 0 Å². The molecule has 1 fully saturated rings. The first-order chi connectivity index (χ1) is 9.13. The zero-order chi connectivity index (χ0) is 13.7. The van der Waals surface area contributed by atoms with Crippen LogP contribution in [0.25, 0.3) is 0 Å². The molecule has 0 bridgehead atoms. The summed E-state index contributed by atoms with van der Waals surface area (Å²) in [7, 11) is 0. The zero-order valence-corrected chi connectivity index (χ0v) is 11.7. The van der Waals surface area contributed by atoms with E-state index in [1.807, 2.05) is 30.3 Å². The van der Waals surface area contributed by atoms with Crippen molar-refractivity contribution >= 4 is 11.6 Å². The summed E-state index contributed by atoms with van der Waals surface area (Å²) in [6, 6.07) is 9.60. The highest BCUT2D eigenvalue weighted by atomic mass is 16.5. The molecule has 1 aromatic rings. The van der Waals surface area contributed by atoms with E-state index in [1.165, 1.54) is 4.90 Å². The molecule has 2 rings (SSSR count). The second-order valence-corrected chi connectivity index (χ2v) is 5.33. The largest absolute Gasteiger partial charge is 0.364 e. The molecule has 0 spiro atoms. The van der Waals surface area contributed by atoms with E-state index in [1.54, 1.807) is 0 Å². The Bertz CT molecular complexity index is 398. The van der Waals surface area contributed by atoms with Crippen LogP contribution in [-0.4, -0.2) is 37.7 Å². The van der Waals surface area contributed by atoms with E-state index in [0.717, 1.165) is 25.3 Å². The van der Waals surface area contributed by atoms with Crippen LogP contribution in [0, 0.1) is 0 Å². The third-order valence-corrected chi connectivity index (χ3v) is 3.38. The first-order valence-corrected chi connectivity index (χ1v) is 6.97. The number of para-hydroxylation sites is 1. The van der Waals surface area contributed by atoms with Gasteiger partial charge in [0.25, 0.3) is 0 Å². The van der Waals surface area contributed by atoms with E-state index in [-0.39, 0.29) is 18.1 Å². The molecule has 4 nitrogen and oxygen atoms in total. The lowest BCUT2D eigenvalue weighted by molar-refractivity contribution is -0.914. The first-order valence-electron chi connectivity index (χ1n) is 6.97. The van der Waals surface area contributed by atoms with Crippen LogP contribution in [-0.2, 0) is 9.53 Å². The quantitative estimate of drug-likeness (QED) is 0.840. The number of amides is 1. The molecule has 19 heavy (non-hydrogen) atoms. The topological polar surface area (TPSA) is 42.8 Å². The van der Waals surface area contributed by atoms with Gasteiger partial charge in [-0.05, 0) is 26.0 Å². The Morgan fingerprint density at radius 1 is 1.26 bits per heavy atom. The SMILES string of the molecule is C[C@@H]1C[NH+](CCC(=O)Nc2ccccc2)C[C@@H](C)O1. The number of rotatable bonds is 4. The second-order valence-electron chi connectivity index (χ2n) is 5.33. The fraction of sp³-hybridized carbons (Fsp3) is 0.533. The number of ether oxygens (including phenoxy) is 1. The highest BCUT2D eigenvalue weighted by molar-refractivity contribution is 5.90. The number of hydrogen-bond acceptors (Lipinski definition) is 2. The van der Waals surface area contributed by atoms with Crippen LogP contribution in [0.15, 0.2) is 30.3 Å². The van der Waals surface area contributed by atoms with Gasteiger partial charge in [0.2, 0.25) is 5.91 Å². The number of morpholine rings is 1. The summed E-state index contributed by atoms with van der Waals surface area (Å²) in [6.45, 7) is 7.04. The van der Waals surface area contributed by atoms with Gasteiger partial charge in [0.05, 0.1) is 13.0 Å². The van der Waals surface area contributed by atoms with Gasteiger partial charge in [-0.1, -0.05) is 18.2 Å². The molecular weight excluding hydrogens is 240 g/mol. The summed E-state index contributed by atoms with van der Waals surface area (Å²) in [5.41, 5.74) is 0.867. The third-order valence-electron chi connectivity index (χ3n) is 3.38. The van der Waals surface area contributed by atoms with Crippen LogP contribution in [0.4, 0.5) is 5.69 Å². The van der Waals surface area contributed by atoms with Gasteiger partial charge < -0.3 is 15.0 Å². The van der Waals surface area contributed by atoms with Crippen LogP contribution in [0.5, 0.6) is 0 Å². The predicted molar refractivity (Wildman–Crippen MR) is 75.3 cm³/mol. The molecule has 1 amide bonds. The van der Waals surface area contributed by atoms with Gasteiger partial charge in [-0.25, -0.2) is 0 Å². The zero-order valence-electron chi connectivity index (χ0n) is 11.7. The van der Waals surface area contributed by atoms with Gasteiger partial charge in [0.15, 0.2) is 0 Å². The number of hydrogen-bond donors (Lipinski definition) is 2. The number of carbonyl (C=O) groups excluding carboxylic acids is 1. The molecule has 1 aliphatic heterocycles.